The molecule has 0 saturated carbocycles. The van der Waals surface area contributed by atoms with Gasteiger partial charge in [-0.3, -0.25) is 0 Å². The van der Waals surface area contributed by atoms with Gasteiger partial charge in [-0.1, -0.05) is 5.21 Å². The Bertz CT molecular complexity index is 381. The van der Waals surface area contributed by atoms with E-state index in [0.29, 0.717) is 19.8 Å². The summed E-state index contributed by atoms with van der Waals surface area (Å²) in [4.78, 5) is 0. The molecule has 0 atom stereocenters. The number of aromatic nitrogens is 3. The van der Waals surface area contributed by atoms with Crippen LogP contribution in [0.15, 0.2) is 0 Å². The molecule has 0 radical (unpaired) electrons. The standard InChI is InChI=1S/C13H27N3O3Si/c1-6-17-20(18-7-2,19-8-3)11-9-10-16-13(5)12(4)14-15-16/h6-11H2,1-5H3. The van der Waals surface area contributed by atoms with Crippen molar-refractivity contribution in [2.45, 2.75) is 53.6 Å². The lowest BCUT2D eigenvalue weighted by Crippen LogP contribution is -2.46. The Hall–Kier alpha value is -0.763. The van der Waals surface area contributed by atoms with Crippen LogP contribution in [0.3, 0.4) is 0 Å². The van der Waals surface area contributed by atoms with Gasteiger partial charge in [0.25, 0.3) is 0 Å². The summed E-state index contributed by atoms with van der Waals surface area (Å²) in [5.74, 6) is 0. The van der Waals surface area contributed by atoms with E-state index in [1.54, 1.807) is 0 Å². The largest absolute Gasteiger partial charge is 0.500 e. The zero-order valence-electron chi connectivity index (χ0n) is 13.3. The van der Waals surface area contributed by atoms with Crippen LogP contribution in [0.1, 0.15) is 38.6 Å². The van der Waals surface area contributed by atoms with E-state index in [0.717, 1.165) is 30.4 Å². The Balaban J connectivity index is 2.58. The van der Waals surface area contributed by atoms with Gasteiger partial charge in [0.1, 0.15) is 0 Å². The van der Waals surface area contributed by atoms with Crippen LogP contribution in [-0.2, 0) is 19.8 Å². The quantitative estimate of drug-likeness (QED) is 0.621. The van der Waals surface area contributed by atoms with Gasteiger partial charge in [0.2, 0.25) is 0 Å². The van der Waals surface area contributed by atoms with Crippen molar-refractivity contribution in [1.29, 1.82) is 0 Å². The number of nitrogens with zero attached hydrogens (tertiary/aromatic N) is 3. The minimum Gasteiger partial charge on any atom is -0.374 e. The normalized spacial score (nSPS) is 12.1. The molecule has 0 aliphatic carbocycles. The van der Waals surface area contributed by atoms with Gasteiger partial charge >= 0.3 is 8.80 Å². The lowest BCUT2D eigenvalue weighted by Gasteiger charge is -2.28. The van der Waals surface area contributed by atoms with Crippen LogP contribution in [0.4, 0.5) is 0 Å². The van der Waals surface area contributed by atoms with Crippen LogP contribution in [-0.4, -0.2) is 43.6 Å². The lowest BCUT2D eigenvalue weighted by molar-refractivity contribution is 0.0704. The molecule has 0 bridgehead atoms. The maximum absolute atomic E-state index is 5.83. The Morgan fingerprint density at radius 1 is 1.00 bits per heavy atom. The fourth-order valence-corrected chi connectivity index (χ4v) is 4.70. The average molecular weight is 301 g/mol. The molecule has 6 nitrogen and oxygen atoms in total. The molecule has 116 valence electrons. The summed E-state index contributed by atoms with van der Waals surface area (Å²) in [5, 5.41) is 8.20. The monoisotopic (exact) mass is 301 g/mol. The molecule has 1 aromatic rings. The van der Waals surface area contributed by atoms with Crippen LogP contribution in [0.2, 0.25) is 6.04 Å². The fraction of sp³-hybridized carbons (Fsp3) is 0.846. The highest BCUT2D eigenvalue weighted by molar-refractivity contribution is 6.60. The van der Waals surface area contributed by atoms with Crippen LogP contribution >= 0.6 is 0 Å². The van der Waals surface area contributed by atoms with E-state index in [1.165, 1.54) is 0 Å². The molecule has 0 aromatic carbocycles. The zero-order chi connectivity index (χ0) is 15.0. The van der Waals surface area contributed by atoms with E-state index in [2.05, 4.69) is 10.3 Å². The minimum absolute atomic E-state index is 0.619. The van der Waals surface area contributed by atoms with Gasteiger partial charge in [-0.25, -0.2) is 4.68 Å². The average Bonchev–Trinajstić information content (AvgIpc) is 2.72. The summed E-state index contributed by atoms with van der Waals surface area (Å²) in [6.45, 7) is 12.6. The summed E-state index contributed by atoms with van der Waals surface area (Å²) in [5.41, 5.74) is 2.09. The fourth-order valence-electron chi connectivity index (χ4n) is 2.11. The predicted octanol–water partition coefficient (Wildman–Crippen LogP) is 2.33. The topological polar surface area (TPSA) is 58.4 Å². The maximum atomic E-state index is 5.83. The van der Waals surface area contributed by atoms with Gasteiger partial charge in [0.05, 0.1) is 11.4 Å². The summed E-state index contributed by atoms with van der Waals surface area (Å²) >= 11 is 0. The highest BCUT2D eigenvalue weighted by Gasteiger charge is 2.39. The summed E-state index contributed by atoms with van der Waals surface area (Å²) in [6, 6.07) is 0.806. The van der Waals surface area contributed by atoms with Crippen LogP contribution in [0, 0.1) is 13.8 Å². The summed E-state index contributed by atoms with van der Waals surface area (Å²) < 4.78 is 19.4. The predicted molar refractivity (Wildman–Crippen MR) is 79.6 cm³/mol. The molecule has 0 aliphatic heterocycles. The number of hydrogen-bond acceptors (Lipinski definition) is 5. The van der Waals surface area contributed by atoms with Crippen molar-refractivity contribution < 1.29 is 13.3 Å². The molecule has 1 rings (SSSR count). The molecule has 0 unspecified atom stereocenters. The minimum atomic E-state index is -2.52. The zero-order valence-corrected chi connectivity index (χ0v) is 14.3. The molecular formula is C13H27N3O3Si. The van der Waals surface area contributed by atoms with Crippen molar-refractivity contribution >= 4 is 8.80 Å². The summed E-state index contributed by atoms with van der Waals surface area (Å²) in [7, 11) is -2.52. The van der Waals surface area contributed by atoms with Crippen molar-refractivity contribution in [3.63, 3.8) is 0 Å². The van der Waals surface area contributed by atoms with Crippen LogP contribution in [0.25, 0.3) is 0 Å². The Kier molecular flexibility index (Phi) is 7.35. The molecule has 0 amide bonds. The number of hydrogen-bond donors (Lipinski definition) is 0. The second kappa shape index (κ2) is 8.51. The van der Waals surface area contributed by atoms with Gasteiger partial charge in [-0.2, -0.15) is 0 Å². The van der Waals surface area contributed by atoms with E-state index in [4.69, 9.17) is 13.3 Å². The highest BCUT2D eigenvalue weighted by Crippen LogP contribution is 2.19. The molecule has 20 heavy (non-hydrogen) atoms. The first kappa shape index (κ1) is 17.3. The smallest absolute Gasteiger partial charge is 0.374 e. The molecule has 0 spiro atoms. The first-order valence-corrected chi connectivity index (χ1v) is 9.30. The van der Waals surface area contributed by atoms with Gasteiger partial charge in [0, 0.05) is 32.4 Å². The molecule has 0 N–H and O–H groups in total. The molecule has 1 heterocycles. The van der Waals surface area contributed by atoms with E-state index in [9.17, 15) is 0 Å². The Morgan fingerprint density at radius 3 is 1.95 bits per heavy atom. The van der Waals surface area contributed by atoms with Crippen LogP contribution in [0.5, 0.6) is 0 Å². The molecule has 7 heteroatoms. The number of rotatable bonds is 10. The van der Waals surface area contributed by atoms with Gasteiger partial charge in [0.15, 0.2) is 0 Å². The van der Waals surface area contributed by atoms with Crippen LogP contribution < -0.4 is 0 Å². The first-order chi connectivity index (χ1) is 9.58. The second-order valence-electron chi connectivity index (χ2n) is 4.57. The molecule has 1 aromatic heterocycles. The first-order valence-electron chi connectivity index (χ1n) is 7.37. The lowest BCUT2D eigenvalue weighted by atomic mass is 10.3. The van der Waals surface area contributed by atoms with Crippen molar-refractivity contribution in [2.24, 2.45) is 0 Å². The second-order valence-corrected chi connectivity index (χ2v) is 7.30. The van der Waals surface area contributed by atoms with Crippen molar-refractivity contribution in [1.82, 2.24) is 15.0 Å². The van der Waals surface area contributed by atoms with Gasteiger partial charge < -0.3 is 13.3 Å². The third-order valence-corrected chi connectivity index (χ3v) is 6.31. The van der Waals surface area contributed by atoms with Gasteiger partial charge in [-0.05, 0) is 41.0 Å². The Morgan fingerprint density at radius 2 is 1.55 bits per heavy atom. The van der Waals surface area contributed by atoms with Gasteiger partial charge in [-0.15, -0.1) is 5.10 Å². The highest BCUT2D eigenvalue weighted by atomic mass is 28.4. The van der Waals surface area contributed by atoms with Crippen molar-refractivity contribution in [2.75, 3.05) is 19.8 Å². The Labute approximate surface area is 122 Å². The van der Waals surface area contributed by atoms with Crippen molar-refractivity contribution in [3.05, 3.63) is 11.4 Å². The van der Waals surface area contributed by atoms with E-state index in [-0.39, 0.29) is 0 Å². The molecule has 0 fully saturated rings. The maximum Gasteiger partial charge on any atom is 0.500 e. The SMILES string of the molecule is CCO[Si](CCCn1nnc(C)c1C)(OCC)OCC. The molecular weight excluding hydrogens is 274 g/mol. The molecule has 0 aliphatic rings. The van der Waals surface area contributed by atoms with Crippen molar-refractivity contribution in [3.8, 4) is 0 Å². The third kappa shape index (κ3) is 4.66. The summed E-state index contributed by atoms with van der Waals surface area (Å²) in [6.07, 6.45) is 0.913. The third-order valence-electron chi connectivity index (χ3n) is 3.16. The molecule has 0 saturated heterocycles. The van der Waals surface area contributed by atoms with E-state index < -0.39 is 8.80 Å². The van der Waals surface area contributed by atoms with E-state index in [1.807, 2.05) is 39.3 Å². The van der Waals surface area contributed by atoms with E-state index >= 15 is 0 Å². The number of aryl methyl sites for hydroxylation is 2.